The highest BCUT2D eigenvalue weighted by Crippen LogP contribution is 2.17. The molecular weight excluding hydrogens is 212 g/mol. The van der Waals surface area contributed by atoms with Gasteiger partial charge in [0.1, 0.15) is 0 Å². The van der Waals surface area contributed by atoms with Gasteiger partial charge >= 0.3 is 0 Å². The van der Waals surface area contributed by atoms with Gasteiger partial charge in [-0.25, -0.2) is 0 Å². The Bertz CT molecular complexity index is 340. The van der Waals surface area contributed by atoms with Gasteiger partial charge in [0.2, 0.25) is 11.8 Å². The molecule has 0 bridgehead atoms. The highest BCUT2D eigenvalue weighted by Gasteiger charge is 2.21. The smallest absolute Gasteiger partial charge is 0.240 e. The molecule has 0 aliphatic heterocycles. The van der Waals surface area contributed by atoms with Gasteiger partial charge in [-0.05, 0) is 5.56 Å². The number of hydrogen-bond donors (Lipinski definition) is 2. The highest BCUT2D eigenvalue weighted by atomic mass is 32.2. The van der Waals surface area contributed by atoms with Gasteiger partial charge in [-0.2, -0.15) is 0 Å². The third-order valence-electron chi connectivity index (χ3n) is 1.78. The Hall–Kier alpha value is -1.49. The minimum Gasteiger partial charge on any atom is -0.368 e. The van der Waals surface area contributed by atoms with Crippen LogP contribution in [0.1, 0.15) is 5.56 Å². The van der Waals surface area contributed by atoms with Crippen LogP contribution < -0.4 is 11.5 Å². The van der Waals surface area contributed by atoms with E-state index in [0.717, 1.165) is 17.3 Å². The van der Waals surface area contributed by atoms with Gasteiger partial charge in [-0.15, -0.1) is 11.8 Å². The summed E-state index contributed by atoms with van der Waals surface area (Å²) in [6, 6.07) is 9.49. The molecule has 0 heterocycles. The largest absolute Gasteiger partial charge is 0.368 e. The van der Waals surface area contributed by atoms with Crippen LogP contribution in [0.25, 0.3) is 0 Å². The molecule has 1 rings (SSSR count). The fourth-order valence-electron chi connectivity index (χ4n) is 1.06. The summed E-state index contributed by atoms with van der Waals surface area (Å²) in [7, 11) is 0. The van der Waals surface area contributed by atoms with Crippen molar-refractivity contribution in [3.05, 3.63) is 35.9 Å². The summed E-state index contributed by atoms with van der Waals surface area (Å²) in [6.45, 7) is 0. The zero-order valence-corrected chi connectivity index (χ0v) is 8.87. The molecule has 0 saturated carbocycles. The van der Waals surface area contributed by atoms with Crippen LogP contribution in [0, 0.1) is 0 Å². The number of carbonyl (C=O) groups excluding carboxylic acids is 2. The second-order valence-corrected chi connectivity index (χ2v) is 4.07. The first-order chi connectivity index (χ1) is 7.11. The molecule has 2 amide bonds. The Morgan fingerprint density at radius 1 is 1.13 bits per heavy atom. The summed E-state index contributed by atoms with van der Waals surface area (Å²) in [5.41, 5.74) is 11.1. The first kappa shape index (κ1) is 11.6. The zero-order chi connectivity index (χ0) is 11.3. The maximum Gasteiger partial charge on any atom is 0.240 e. The highest BCUT2D eigenvalue weighted by molar-refractivity contribution is 8.00. The summed E-state index contributed by atoms with van der Waals surface area (Å²) >= 11 is 1.14. The summed E-state index contributed by atoms with van der Waals surface area (Å²) in [4.78, 5) is 21.7. The average molecular weight is 224 g/mol. The summed E-state index contributed by atoms with van der Waals surface area (Å²) in [5, 5.41) is -0.954. The molecule has 0 atom stereocenters. The summed E-state index contributed by atoms with van der Waals surface area (Å²) in [6.07, 6.45) is 0. The SMILES string of the molecule is NC(=O)C(SCc1ccccc1)C(N)=O. The van der Waals surface area contributed by atoms with E-state index in [1.807, 2.05) is 30.3 Å². The molecular formula is C10H12N2O2S. The van der Waals surface area contributed by atoms with Crippen LogP contribution in [-0.4, -0.2) is 17.1 Å². The number of rotatable bonds is 5. The Morgan fingerprint density at radius 3 is 2.13 bits per heavy atom. The van der Waals surface area contributed by atoms with E-state index in [-0.39, 0.29) is 0 Å². The number of thioether (sulfide) groups is 1. The topological polar surface area (TPSA) is 86.2 Å². The standard InChI is InChI=1S/C10H12N2O2S/c11-9(13)8(10(12)14)15-6-7-4-2-1-3-5-7/h1-5,8H,6H2,(H2,11,13)(H2,12,14). The Labute approximate surface area is 92.0 Å². The molecule has 1 aromatic rings. The van der Waals surface area contributed by atoms with Crippen LogP contribution >= 0.6 is 11.8 Å². The van der Waals surface area contributed by atoms with Gasteiger partial charge in [-0.3, -0.25) is 9.59 Å². The molecule has 80 valence electrons. The summed E-state index contributed by atoms with van der Waals surface area (Å²) < 4.78 is 0. The van der Waals surface area contributed by atoms with Crippen LogP contribution in [0.5, 0.6) is 0 Å². The average Bonchev–Trinajstić information content (AvgIpc) is 2.18. The molecule has 1 aromatic carbocycles. The first-order valence-corrected chi connectivity index (χ1v) is 5.40. The first-order valence-electron chi connectivity index (χ1n) is 4.35. The van der Waals surface area contributed by atoms with Crippen LogP contribution in [0.2, 0.25) is 0 Å². The van der Waals surface area contributed by atoms with E-state index in [1.165, 1.54) is 0 Å². The van der Waals surface area contributed by atoms with Crippen molar-refractivity contribution in [2.24, 2.45) is 11.5 Å². The van der Waals surface area contributed by atoms with Gasteiger partial charge < -0.3 is 11.5 Å². The Kier molecular flexibility index (Phi) is 4.17. The van der Waals surface area contributed by atoms with Crippen molar-refractivity contribution in [1.29, 1.82) is 0 Å². The monoisotopic (exact) mass is 224 g/mol. The number of benzene rings is 1. The summed E-state index contributed by atoms with van der Waals surface area (Å²) in [5.74, 6) is -0.843. The molecule has 0 aromatic heterocycles. The van der Waals surface area contributed by atoms with E-state index >= 15 is 0 Å². The molecule has 0 fully saturated rings. The number of nitrogens with two attached hydrogens (primary N) is 2. The van der Waals surface area contributed by atoms with Crippen LogP contribution in [0.4, 0.5) is 0 Å². The molecule has 0 aliphatic carbocycles. The van der Waals surface area contributed by atoms with Gasteiger partial charge in [0.25, 0.3) is 0 Å². The quantitative estimate of drug-likeness (QED) is 0.703. The van der Waals surface area contributed by atoms with Crippen molar-refractivity contribution in [1.82, 2.24) is 0 Å². The minimum atomic E-state index is -0.954. The van der Waals surface area contributed by atoms with Crippen LogP contribution in [-0.2, 0) is 15.3 Å². The maximum atomic E-state index is 10.9. The number of primary amides is 2. The van der Waals surface area contributed by atoms with Crippen molar-refractivity contribution >= 4 is 23.6 Å². The van der Waals surface area contributed by atoms with Crippen molar-refractivity contribution in [2.75, 3.05) is 0 Å². The van der Waals surface area contributed by atoms with Crippen molar-refractivity contribution in [2.45, 2.75) is 11.0 Å². The van der Waals surface area contributed by atoms with Crippen molar-refractivity contribution in [3.8, 4) is 0 Å². The van der Waals surface area contributed by atoms with Crippen molar-refractivity contribution < 1.29 is 9.59 Å². The van der Waals surface area contributed by atoms with E-state index in [2.05, 4.69) is 0 Å². The van der Waals surface area contributed by atoms with Gasteiger partial charge in [-0.1, -0.05) is 30.3 Å². The fraction of sp³-hybridized carbons (Fsp3) is 0.200. The van der Waals surface area contributed by atoms with Gasteiger partial charge in [0.15, 0.2) is 5.25 Å². The second-order valence-electron chi connectivity index (χ2n) is 2.98. The lowest BCUT2D eigenvalue weighted by molar-refractivity contribution is -0.125. The van der Waals surface area contributed by atoms with Crippen LogP contribution in [0.15, 0.2) is 30.3 Å². The van der Waals surface area contributed by atoms with E-state index in [0.29, 0.717) is 5.75 Å². The third kappa shape index (κ3) is 3.63. The molecule has 15 heavy (non-hydrogen) atoms. The molecule has 0 saturated heterocycles. The lowest BCUT2D eigenvalue weighted by Crippen LogP contribution is -2.37. The molecule has 0 aliphatic rings. The third-order valence-corrected chi connectivity index (χ3v) is 3.07. The van der Waals surface area contributed by atoms with Crippen LogP contribution in [0.3, 0.4) is 0 Å². The number of carbonyl (C=O) groups is 2. The van der Waals surface area contributed by atoms with E-state index in [9.17, 15) is 9.59 Å². The predicted octanol–water partition coefficient (Wildman–Crippen LogP) is 0.259. The lowest BCUT2D eigenvalue weighted by Gasteiger charge is -2.08. The minimum absolute atomic E-state index is 0.539. The molecule has 0 spiro atoms. The molecule has 4 N–H and O–H groups in total. The maximum absolute atomic E-state index is 10.9. The molecule has 0 unspecified atom stereocenters. The predicted molar refractivity (Wildman–Crippen MR) is 59.9 cm³/mol. The Morgan fingerprint density at radius 2 is 1.67 bits per heavy atom. The van der Waals surface area contributed by atoms with Crippen molar-refractivity contribution in [3.63, 3.8) is 0 Å². The number of amides is 2. The van der Waals surface area contributed by atoms with E-state index < -0.39 is 17.1 Å². The fourth-order valence-corrected chi connectivity index (χ4v) is 1.94. The van der Waals surface area contributed by atoms with E-state index in [4.69, 9.17) is 11.5 Å². The van der Waals surface area contributed by atoms with Gasteiger partial charge in [0.05, 0.1) is 0 Å². The van der Waals surface area contributed by atoms with E-state index in [1.54, 1.807) is 0 Å². The molecule has 0 radical (unpaired) electrons. The normalized spacial score (nSPS) is 10.2. The molecule has 4 nitrogen and oxygen atoms in total. The lowest BCUT2D eigenvalue weighted by atomic mass is 10.2. The molecule has 5 heteroatoms. The zero-order valence-electron chi connectivity index (χ0n) is 8.05. The Balaban J connectivity index is 2.55. The van der Waals surface area contributed by atoms with Gasteiger partial charge in [0, 0.05) is 5.75 Å². The number of hydrogen-bond acceptors (Lipinski definition) is 3. The second kappa shape index (κ2) is 5.41.